The molecule has 1 amide bonds. The summed E-state index contributed by atoms with van der Waals surface area (Å²) in [5, 5.41) is 12.0. The van der Waals surface area contributed by atoms with Crippen molar-refractivity contribution in [3.8, 4) is 0 Å². The molecule has 0 spiro atoms. The summed E-state index contributed by atoms with van der Waals surface area (Å²) in [4.78, 5) is 57.6. The van der Waals surface area contributed by atoms with Gasteiger partial charge in [-0.2, -0.15) is 0 Å². The predicted octanol–water partition coefficient (Wildman–Crippen LogP) is 2.74. The number of nitrogens with one attached hydrogen (secondary N) is 1. The van der Waals surface area contributed by atoms with Crippen LogP contribution in [0.5, 0.6) is 0 Å². The number of ketones is 3. The number of fused-ring (bicyclic) bond motifs is 2. The van der Waals surface area contributed by atoms with Crippen LogP contribution in [0.15, 0.2) is 60.7 Å². The van der Waals surface area contributed by atoms with Gasteiger partial charge < -0.3 is 10.4 Å². The fraction of sp³-hybridized carbons (Fsp3) is 0.290. The number of nitrogens with zero attached hydrogens (tertiary/aromatic N) is 2. The van der Waals surface area contributed by atoms with Gasteiger partial charge >= 0.3 is 0 Å². The van der Waals surface area contributed by atoms with Crippen LogP contribution in [0.3, 0.4) is 0 Å². The smallest absolute Gasteiger partial charge is 0.255 e. The molecule has 0 atom stereocenters. The summed E-state index contributed by atoms with van der Waals surface area (Å²) in [7, 11) is 0. The average Bonchev–Trinajstić information content (AvgIpc) is 2.94. The molecule has 0 bridgehead atoms. The van der Waals surface area contributed by atoms with Crippen molar-refractivity contribution in [3.05, 3.63) is 99.6 Å². The summed E-state index contributed by atoms with van der Waals surface area (Å²) in [5.74, 6) is -1.11. The van der Waals surface area contributed by atoms with Gasteiger partial charge in [0.2, 0.25) is 0 Å². The molecule has 0 unspecified atom stereocenters. The van der Waals surface area contributed by atoms with Crippen LogP contribution in [0.4, 0.5) is 5.69 Å². The van der Waals surface area contributed by atoms with E-state index in [0.29, 0.717) is 23.2 Å². The molecule has 5 rings (SSSR count). The SMILES string of the molecule is Cc1ccc(C(=O)Nc2c(CC(=O)CN3CCN(CCO)CC3)ccc3c2C(=O)c2ccccc2C3=O)cc1. The van der Waals surface area contributed by atoms with E-state index in [1.807, 2.05) is 19.1 Å². The molecule has 1 fully saturated rings. The summed E-state index contributed by atoms with van der Waals surface area (Å²) < 4.78 is 0. The largest absolute Gasteiger partial charge is 0.395 e. The molecule has 1 aliphatic carbocycles. The summed E-state index contributed by atoms with van der Waals surface area (Å²) in [6.45, 7) is 5.89. The first-order chi connectivity index (χ1) is 18.9. The van der Waals surface area contributed by atoms with Gasteiger partial charge in [-0.1, -0.05) is 48.0 Å². The van der Waals surface area contributed by atoms with Crippen LogP contribution in [0.1, 0.15) is 53.3 Å². The number of carbonyl (C=O) groups is 4. The fourth-order valence-electron chi connectivity index (χ4n) is 5.24. The normalized spacial score (nSPS) is 15.5. The lowest BCUT2D eigenvalue weighted by molar-refractivity contribution is -0.120. The molecule has 200 valence electrons. The molecule has 1 aliphatic heterocycles. The quantitative estimate of drug-likeness (QED) is 0.364. The maximum Gasteiger partial charge on any atom is 0.255 e. The van der Waals surface area contributed by atoms with E-state index >= 15 is 0 Å². The summed E-state index contributed by atoms with van der Waals surface area (Å²) in [6.07, 6.45) is 0.0107. The number of aliphatic hydroxyl groups excluding tert-OH is 1. The van der Waals surface area contributed by atoms with Crippen LogP contribution in [-0.4, -0.2) is 84.0 Å². The number of benzene rings is 3. The van der Waals surface area contributed by atoms with E-state index in [4.69, 9.17) is 5.11 Å². The predicted molar refractivity (Wildman–Crippen MR) is 148 cm³/mol. The van der Waals surface area contributed by atoms with Crippen molar-refractivity contribution in [3.63, 3.8) is 0 Å². The van der Waals surface area contributed by atoms with Gasteiger partial charge in [-0.25, -0.2) is 0 Å². The molecule has 3 aromatic rings. The van der Waals surface area contributed by atoms with Gasteiger partial charge in [-0.15, -0.1) is 0 Å². The van der Waals surface area contributed by atoms with E-state index in [2.05, 4.69) is 15.1 Å². The van der Waals surface area contributed by atoms with Gasteiger partial charge in [0.15, 0.2) is 17.3 Å². The number of β-amino-alcohol motifs (C(OH)–C–C–N with tert-alkyl or cyclic N) is 1. The summed E-state index contributed by atoms with van der Waals surface area (Å²) in [5.41, 5.74) is 3.08. The van der Waals surface area contributed by atoms with Crippen molar-refractivity contribution < 1.29 is 24.3 Å². The first-order valence-corrected chi connectivity index (χ1v) is 13.2. The zero-order chi connectivity index (χ0) is 27.5. The lowest BCUT2D eigenvalue weighted by atomic mass is 9.81. The van der Waals surface area contributed by atoms with Gasteiger partial charge in [-0.3, -0.25) is 29.0 Å². The minimum absolute atomic E-state index is 0.0107. The molecule has 0 saturated carbocycles. The Labute approximate surface area is 227 Å². The molecule has 2 aliphatic rings. The maximum atomic E-state index is 13.7. The number of aliphatic hydroxyl groups is 1. The summed E-state index contributed by atoms with van der Waals surface area (Å²) in [6, 6.07) is 16.9. The van der Waals surface area contributed by atoms with Gasteiger partial charge in [0.1, 0.15) is 0 Å². The Kier molecular flexibility index (Phi) is 7.79. The second-order valence-corrected chi connectivity index (χ2v) is 10.1. The Bertz CT molecular complexity index is 1440. The molecule has 8 heteroatoms. The zero-order valence-corrected chi connectivity index (χ0v) is 21.9. The Morgan fingerprint density at radius 1 is 0.821 bits per heavy atom. The second kappa shape index (κ2) is 11.4. The van der Waals surface area contributed by atoms with E-state index in [0.717, 1.165) is 31.7 Å². The molecule has 8 nitrogen and oxygen atoms in total. The molecule has 39 heavy (non-hydrogen) atoms. The van der Waals surface area contributed by atoms with Crippen molar-refractivity contribution in [2.24, 2.45) is 0 Å². The lowest BCUT2D eigenvalue weighted by Crippen LogP contribution is -2.48. The van der Waals surface area contributed by atoms with Crippen molar-refractivity contribution in [2.45, 2.75) is 13.3 Å². The van der Waals surface area contributed by atoms with Gasteiger partial charge in [0.25, 0.3) is 5.91 Å². The van der Waals surface area contributed by atoms with Gasteiger partial charge in [0, 0.05) is 61.4 Å². The number of hydrogen-bond donors (Lipinski definition) is 2. The average molecular weight is 526 g/mol. The third-order valence-electron chi connectivity index (χ3n) is 7.40. The zero-order valence-electron chi connectivity index (χ0n) is 21.9. The molecular weight excluding hydrogens is 494 g/mol. The van der Waals surface area contributed by atoms with Gasteiger partial charge in [-0.05, 0) is 30.7 Å². The van der Waals surface area contributed by atoms with Crippen molar-refractivity contribution in [2.75, 3.05) is 51.2 Å². The molecule has 3 aromatic carbocycles. The molecule has 1 heterocycles. The Morgan fingerprint density at radius 3 is 2.13 bits per heavy atom. The van der Waals surface area contributed by atoms with Crippen LogP contribution in [0, 0.1) is 6.92 Å². The maximum absolute atomic E-state index is 13.7. The standard InChI is InChI=1S/C31H31N3O5/c1-20-6-8-21(9-7-20)31(39)32-28-22(18-23(36)19-34-14-12-33(13-15-34)16-17-35)10-11-26-27(28)30(38)25-5-3-2-4-24(25)29(26)37/h2-11,35H,12-19H2,1H3,(H,32,39). The third kappa shape index (κ3) is 5.59. The number of anilines is 1. The first kappa shape index (κ1) is 26.6. The minimum atomic E-state index is -0.420. The summed E-state index contributed by atoms with van der Waals surface area (Å²) >= 11 is 0. The topological polar surface area (TPSA) is 107 Å². The molecule has 1 saturated heterocycles. The van der Waals surface area contributed by atoms with Crippen LogP contribution in [0.2, 0.25) is 0 Å². The highest BCUT2D eigenvalue weighted by molar-refractivity contribution is 6.31. The highest BCUT2D eigenvalue weighted by Gasteiger charge is 2.33. The van der Waals surface area contributed by atoms with E-state index in [-0.39, 0.29) is 59.3 Å². The van der Waals surface area contributed by atoms with Crippen molar-refractivity contribution in [1.82, 2.24) is 9.80 Å². The first-order valence-electron chi connectivity index (χ1n) is 13.2. The van der Waals surface area contributed by atoms with E-state index in [1.54, 1.807) is 48.5 Å². The molecule has 0 aromatic heterocycles. The van der Waals surface area contributed by atoms with Crippen molar-refractivity contribution >= 4 is 28.9 Å². The van der Waals surface area contributed by atoms with Crippen LogP contribution < -0.4 is 5.32 Å². The van der Waals surface area contributed by atoms with Gasteiger partial charge in [0.05, 0.1) is 24.4 Å². The monoisotopic (exact) mass is 525 g/mol. The third-order valence-corrected chi connectivity index (χ3v) is 7.40. The van der Waals surface area contributed by atoms with Crippen LogP contribution in [0.25, 0.3) is 0 Å². The number of carbonyl (C=O) groups excluding carboxylic acids is 4. The highest BCUT2D eigenvalue weighted by atomic mass is 16.3. The van der Waals surface area contributed by atoms with Crippen LogP contribution in [-0.2, 0) is 11.2 Å². The van der Waals surface area contributed by atoms with E-state index in [9.17, 15) is 19.2 Å². The molecular formula is C31H31N3O5. The number of amides is 1. The Morgan fingerprint density at radius 2 is 1.46 bits per heavy atom. The fourth-order valence-corrected chi connectivity index (χ4v) is 5.24. The Balaban J connectivity index is 1.45. The van der Waals surface area contributed by atoms with E-state index < -0.39 is 5.91 Å². The Hall–Kier alpha value is -3.98. The second-order valence-electron chi connectivity index (χ2n) is 10.1. The van der Waals surface area contributed by atoms with E-state index in [1.165, 1.54) is 0 Å². The molecule has 0 radical (unpaired) electrons. The number of piperazine rings is 1. The number of hydrogen-bond acceptors (Lipinski definition) is 7. The van der Waals surface area contributed by atoms with Crippen LogP contribution >= 0.6 is 0 Å². The minimum Gasteiger partial charge on any atom is -0.395 e. The number of aryl methyl sites for hydroxylation is 1. The van der Waals surface area contributed by atoms with Crippen molar-refractivity contribution in [1.29, 1.82) is 0 Å². The number of rotatable bonds is 8. The number of Topliss-reactive ketones (excluding diaryl/α,β-unsaturated/α-hetero) is 1. The lowest BCUT2D eigenvalue weighted by Gasteiger charge is -2.33. The molecule has 2 N–H and O–H groups in total. The highest BCUT2D eigenvalue weighted by Crippen LogP contribution is 2.35.